The third-order valence-corrected chi connectivity index (χ3v) is 7.88. The summed E-state index contributed by atoms with van der Waals surface area (Å²) in [7, 11) is 1.74. The van der Waals surface area contributed by atoms with Gasteiger partial charge in [-0.15, -0.1) is 0 Å². The quantitative estimate of drug-likeness (QED) is 0.507. The van der Waals surface area contributed by atoms with Crippen LogP contribution in [-0.4, -0.2) is 49.1 Å². The first kappa shape index (κ1) is 21.6. The number of fused-ring (bicyclic) bond motifs is 1. The Morgan fingerprint density at radius 3 is 2.06 bits per heavy atom. The standard InChI is InChI=1S/C30H32N2O2/c1-33-27-15-9-8-14-23(27)18-31-29-24-16-25-19-34-20-26(17-24)32(25)30(29)28(21-10-4-2-5-11-21)22-12-6-3-7-13-22/h2-15,24-26,28,30H,16-20H2,1H3/t24?,25-,26+,30?. The van der Waals surface area contributed by atoms with Crippen molar-refractivity contribution < 1.29 is 9.47 Å². The van der Waals surface area contributed by atoms with Crippen LogP contribution in [0.1, 0.15) is 35.4 Å². The number of hydrogen-bond acceptors (Lipinski definition) is 4. The van der Waals surface area contributed by atoms with Crippen molar-refractivity contribution in [2.75, 3.05) is 20.3 Å². The molecule has 4 saturated heterocycles. The van der Waals surface area contributed by atoms with Gasteiger partial charge >= 0.3 is 0 Å². The first-order valence-electron chi connectivity index (χ1n) is 12.4. The molecule has 4 nitrogen and oxygen atoms in total. The fraction of sp³-hybridized carbons (Fsp3) is 0.367. The molecule has 4 fully saturated rings. The minimum atomic E-state index is 0.241. The first-order valence-corrected chi connectivity index (χ1v) is 12.4. The lowest BCUT2D eigenvalue weighted by molar-refractivity contribution is -0.106. The number of benzene rings is 3. The lowest BCUT2D eigenvalue weighted by Gasteiger charge is -2.59. The lowest BCUT2D eigenvalue weighted by atomic mass is 9.67. The van der Waals surface area contributed by atoms with Gasteiger partial charge in [-0.05, 0) is 30.0 Å². The van der Waals surface area contributed by atoms with Crippen molar-refractivity contribution in [3.05, 3.63) is 102 Å². The SMILES string of the molecule is COc1ccccc1CN=C1C2C[C@H]3COC[C@@H](C2)N3C1C(c1ccccc1)c1ccccc1. The van der Waals surface area contributed by atoms with Gasteiger partial charge in [0.15, 0.2) is 0 Å². The summed E-state index contributed by atoms with van der Waals surface area (Å²) in [6, 6.07) is 31.5. The number of rotatable bonds is 6. The van der Waals surface area contributed by atoms with Crippen molar-refractivity contribution >= 4 is 5.71 Å². The molecule has 7 rings (SSSR count). The molecule has 3 unspecified atom stereocenters. The molecular weight excluding hydrogens is 420 g/mol. The monoisotopic (exact) mass is 452 g/mol. The predicted octanol–water partition coefficient (Wildman–Crippen LogP) is 5.33. The van der Waals surface area contributed by atoms with E-state index in [4.69, 9.17) is 14.5 Å². The number of nitrogens with zero attached hydrogens (tertiary/aromatic N) is 2. The Hall–Kier alpha value is -2.95. The Labute approximate surface area is 202 Å². The van der Waals surface area contributed by atoms with Crippen molar-refractivity contribution in [2.45, 2.75) is 43.4 Å². The van der Waals surface area contributed by atoms with E-state index in [1.54, 1.807) is 7.11 Å². The summed E-state index contributed by atoms with van der Waals surface area (Å²) in [5.74, 6) is 1.67. The zero-order valence-corrected chi connectivity index (χ0v) is 19.7. The number of piperidine rings is 3. The van der Waals surface area contributed by atoms with Crippen molar-refractivity contribution in [3.8, 4) is 5.75 Å². The number of ether oxygens (including phenoxy) is 2. The van der Waals surface area contributed by atoms with Crippen molar-refractivity contribution in [1.29, 1.82) is 0 Å². The van der Waals surface area contributed by atoms with Gasteiger partial charge in [0.1, 0.15) is 5.75 Å². The van der Waals surface area contributed by atoms with Crippen LogP contribution < -0.4 is 4.74 Å². The normalized spacial score (nSPS) is 28.9. The third-order valence-electron chi connectivity index (χ3n) is 7.88. The van der Waals surface area contributed by atoms with E-state index in [9.17, 15) is 0 Å². The van der Waals surface area contributed by atoms with Crippen LogP contribution in [0.25, 0.3) is 0 Å². The second-order valence-electron chi connectivity index (χ2n) is 9.76. The average molecular weight is 453 g/mol. The van der Waals surface area contributed by atoms with E-state index >= 15 is 0 Å². The van der Waals surface area contributed by atoms with E-state index in [-0.39, 0.29) is 12.0 Å². The molecule has 4 aliphatic heterocycles. The van der Waals surface area contributed by atoms with Gasteiger partial charge < -0.3 is 9.47 Å². The number of methoxy groups -OCH3 is 1. The van der Waals surface area contributed by atoms with Gasteiger partial charge in [0, 0.05) is 35.2 Å². The molecule has 0 spiro atoms. The topological polar surface area (TPSA) is 34.1 Å². The maximum absolute atomic E-state index is 6.03. The van der Waals surface area contributed by atoms with E-state index in [0.717, 1.165) is 37.4 Å². The second-order valence-corrected chi connectivity index (χ2v) is 9.76. The van der Waals surface area contributed by atoms with Crippen molar-refractivity contribution in [2.24, 2.45) is 10.9 Å². The molecule has 4 heterocycles. The number of morpholine rings is 1. The number of para-hydroxylation sites is 1. The maximum Gasteiger partial charge on any atom is 0.123 e. The van der Waals surface area contributed by atoms with Crippen LogP contribution in [-0.2, 0) is 11.3 Å². The molecule has 4 heteroatoms. The summed E-state index contributed by atoms with van der Waals surface area (Å²) in [6.45, 7) is 2.32. The molecule has 34 heavy (non-hydrogen) atoms. The van der Waals surface area contributed by atoms with E-state index in [1.807, 2.05) is 12.1 Å². The van der Waals surface area contributed by atoms with Crippen LogP contribution in [0.4, 0.5) is 0 Å². The number of aliphatic imine (C=N–C) groups is 1. The van der Waals surface area contributed by atoms with Crippen LogP contribution >= 0.6 is 0 Å². The van der Waals surface area contributed by atoms with Gasteiger partial charge in [0.05, 0.1) is 32.9 Å². The zero-order valence-electron chi connectivity index (χ0n) is 19.7. The minimum Gasteiger partial charge on any atom is -0.496 e. The molecule has 4 bridgehead atoms. The van der Waals surface area contributed by atoms with Gasteiger partial charge in [-0.2, -0.15) is 0 Å². The molecule has 4 aliphatic rings. The molecule has 0 N–H and O–H groups in total. The summed E-state index contributed by atoms with van der Waals surface area (Å²) >= 11 is 0. The molecule has 0 amide bonds. The average Bonchev–Trinajstić information content (AvgIpc) is 2.89. The zero-order chi connectivity index (χ0) is 22.9. The molecule has 3 aromatic carbocycles. The van der Waals surface area contributed by atoms with Crippen LogP contribution in [0, 0.1) is 5.92 Å². The van der Waals surface area contributed by atoms with Gasteiger partial charge in [-0.25, -0.2) is 0 Å². The molecule has 0 aromatic heterocycles. The van der Waals surface area contributed by atoms with Crippen LogP contribution in [0.15, 0.2) is 89.9 Å². The highest BCUT2D eigenvalue weighted by atomic mass is 16.5. The van der Waals surface area contributed by atoms with Gasteiger partial charge in [-0.1, -0.05) is 78.9 Å². The van der Waals surface area contributed by atoms with Crippen molar-refractivity contribution in [3.63, 3.8) is 0 Å². The predicted molar refractivity (Wildman–Crippen MR) is 136 cm³/mol. The summed E-state index contributed by atoms with van der Waals surface area (Å²) in [5, 5.41) is 0. The molecule has 0 saturated carbocycles. The number of hydrogen-bond donors (Lipinski definition) is 0. The first-order chi connectivity index (χ1) is 16.8. The Bertz CT molecular complexity index is 1090. The molecular formula is C30H32N2O2. The highest BCUT2D eigenvalue weighted by molar-refractivity contribution is 5.95. The lowest BCUT2D eigenvalue weighted by Crippen LogP contribution is -2.70. The van der Waals surface area contributed by atoms with E-state index in [1.165, 1.54) is 16.8 Å². The van der Waals surface area contributed by atoms with Crippen LogP contribution in [0.2, 0.25) is 0 Å². The summed E-state index contributed by atoms with van der Waals surface area (Å²) in [6.07, 6.45) is 2.29. The molecule has 0 radical (unpaired) electrons. The van der Waals surface area contributed by atoms with Gasteiger partial charge in [0.2, 0.25) is 0 Å². The Kier molecular flexibility index (Phi) is 5.94. The fourth-order valence-corrected chi connectivity index (χ4v) is 6.49. The van der Waals surface area contributed by atoms with Crippen LogP contribution in [0.3, 0.4) is 0 Å². The molecule has 3 aromatic rings. The summed E-state index contributed by atoms with van der Waals surface area (Å²) < 4.78 is 11.6. The van der Waals surface area contributed by atoms with E-state index in [2.05, 4.69) is 77.7 Å². The van der Waals surface area contributed by atoms with Gasteiger partial charge in [0.25, 0.3) is 0 Å². The largest absolute Gasteiger partial charge is 0.496 e. The Morgan fingerprint density at radius 2 is 1.44 bits per heavy atom. The van der Waals surface area contributed by atoms with E-state index in [0.29, 0.717) is 24.5 Å². The molecule has 0 aliphatic carbocycles. The highest BCUT2D eigenvalue weighted by Crippen LogP contribution is 2.47. The summed E-state index contributed by atoms with van der Waals surface area (Å²) in [4.78, 5) is 8.15. The third kappa shape index (κ3) is 3.85. The van der Waals surface area contributed by atoms with Crippen LogP contribution in [0.5, 0.6) is 5.75 Å². The van der Waals surface area contributed by atoms with Gasteiger partial charge in [-0.3, -0.25) is 9.89 Å². The second kappa shape index (κ2) is 9.36. The molecule has 174 valence electrons. The fourth-order valence-electron chi connectivity index (χ4n) is 6.49. The van der Waals surface area contributed by atoms with E-state index < -0.39 is 0 Å². The minimum absolute atomic E-state index is 0.241. The van der Waals surface area contributed by atoms with Crippen molar-refractivity contribution in [1.82, 2.24) is 4.90 Å². The highest BCUT2D eigenvalue weighted by Gasteiger charge is 2.53. The smallest absolute Gasteiger partial charge is 0.123 e. The molecule has 5 atom stereocenters. The summed E-state index contributed by atoms with van der Waals surface area (Å²) in [5.41, 5.74) is 5.22. The Morgan fingerprint density at radius 1 is 0.853 bits per heavy atom. The Balaban J connectivity index is 1.46. The maximum atomic E-state index is 6.03.